The van der Waals surface area contributed by atoms with Gasteiger partial charge in [0.05, 0.1) is 0 Å². The molecule has 3 nitrogen and oxygen atoms in total. The van der Waals surface area contributed by atoms with Gasteiger partial charge in [0.25, 0.3) is 0 Å². The monoisotopic (exact) mass is 438 g/mol. The van der Waals surface area contributed by atoms with Crippen molar-refractivity contribution in [3.63, 3.8) is 0 Å². The summed E-state index contributed by atoms with van der Waals surface area (Å²) in [6.45, 7) is 0. The van der Waals surface area contributed by atoms with Gasteiger partial charge in [-0.2, -0.15) is 52.7 Å². The maximum absolute atomic E-state index is 12.8. The van der Waals surface area contributed by atoms with Crippen molar-refractivity contribution in [3.8, 4) is 0 Å². The molecule has 0 saturated carbocycles. The number of halogens is 13. The van der Waals surface area contributed by atoms with Gasteiger partial charge in [0.2, 0.25) is 0 Å². The maximum atomic E-state index is 12.8. The predicted octanol–water partition coefficient (Wildman–Crippen LogP) is 0.501. The van der Waals surface area contributed by atoms with Gasteiger partial charge in [0.1, 0.15) is 0 Å². The van der Waals surface area contributed by atoms with E-state index in [0.717, 1.165) is 0 Å². The number of alkyl halides is 13. The Morgan fingerprint density at radius 1 is 0.625 bits per heavy atom. The first-order valence-electron chi connectivity index (χ1n) is 4.41. The average Bonchev–Trinajstić information content (AvgIpc) is 2.24. The molecule has 0 aliphatic carbocycles. The zero-order valence-corrected chi connectivity index (χ0v) is 14.1. The van der Waals surface area contributed by atoms with Crippen molar-refractivity contribution < 1.29 is 95.2 Å². The second-order valence-electron chi connectivity index (χ2n) is 3.77. The van der Waals surface area contributed by atoms with Crippen molar-refractivity contribution in [1.82, 2.24) is 0 Å². The Balaban J connectivity index is 0. The summed E-state index contributed by atoms with van der Waals surface area (Å²) in [5.74, 6) is -31.7. The molecule has 0 aromatic carbocycles. The fraction of sp³-hybridized carbons (Fsp3) is 1.00. The molecule has 0 bridgehead atoms. The fourth-order valence-corrected chi connectivity index (χ4v) is 1.47. The van der Waals surface area contributed by atoms with Crippen molar-refractivity contribution in [2.24, 2.45) is 0 Å². The van der Waals surface area contributed by atoms with E-state index in [0.29, 0.717) is 0 Å². The van der Waals surface area contributed by atoms with Gasteiger partial charge < -0.3 is 4.55 Å². The third-order valence-electron chi connectivity index (χ3n) is 2.22. The van der Waals surface area contributed by atoms with Crippen LogP contribution in [0.25, 0.3) is 0 Å². The maximum Gasteiger partial charge on any atom is 1.00 e. The van der Waals surface area contributed by atoms with Crippen LogP contribution < -0.4 is 29.6 Å². The Morgan fingerprint density at radius 3 is 1.08 bits per heavy atom. The minimum atomic E-state index is -8.14. The molecule has 140 valence electrons. The smallest absolute Gasteiger partial charge is 0.743 e. The third kappa shape index (κ3) is 3.45. The summed E-state index contributed by atoms with van der Waals surface area (Å²) in [7, 11) is -7.80. The van der Waals surface area contributed by atoms with Crippen LogP contribution in [0.1, 0.15) is 0 Å². The standard InChI is InChI=1S/C6HClF12O3S.Na/c7-5(16,17)3(12,13)1(8,9)2(10,11)4(14,15)6(18,19)23(20,21)22;/h(H,20,21,22);/q;+1/p-1. The number of rotatable bonds is 6. The number of hydrogen-bond donors (Lipinski definition) is 0. The van der Waals surface area contributed by atoms with Crippen LogP contribution in [0.2, 0.25) is 0 Å². The van der Waals surface area contributed by atoms with Crippen LogP contribution in [-0.2, 0) is 10.1 Å². The molecule has 0 aromatic rings. The van der Waals surface area contributed by atoms with Crippen molar-refractivity contribution in [3.05, 3.63) is 0 Å². The van der Waals surface area contributed by atoms with Gasteiger partial charge in [-0.3, -0.25) is 0 Å². The molecule has 0 spiro atoms. The molecule has 0 aliphatic rings. The van der Waals surface area contributed by atoms with E-state index in [2.05, 4.69) is 11.6 Å². The molecule has 0 aliphatic heterocycles. The van der Waals surface area contributed by atoms with Gasteiger partial charge in [-0.1, -0.05) is 0 Å². The molecule has 18 heteroatoms. The molecular formula is C6ClF12NaO3S. The quantitative estimate of drug-likeness (QED) is 0.263. The molecule has 24 heavy (non-hydrogen) atoms. The molecule has 0 atom stereocenters. The largest absolute Gasteiger partial charge is 1.00 e. The SMILES string of the molecule is O=S(=O)([O-])C(F)(F)C(F)(F)C(F)(F)C(F)(F)C(F)(F)C(F)(F)Cl.[Na+]. The van der Waals surface area contributed by atoms with E-state index in [9.17, 15) is 65.7 Å². The Kier molecular flexibility index (Phi) is 7.21. The van der Waals surface area contributed by atoms with Crippen molar-refractivity contribution in [2.75, 3.05) is 0 Å². The van der Waals surface area contributed by atoms with Crippen LogP contribution >= 0.6 is 11.6 Å². The molecule has 0 amide bonds. The molecular weight excluding hydrogens is 439 g/mol. The van der Waals surface area contributed by atoms with Gasteiger partial charge >= 0.3 is 63.9 Å². The predicted molar refractivity (Wildman–Crippen MR) is 45.2 cm³/mol. The van der Waals surface area contributed by atoms with Gasteiger partial charge in [-0.15, -0.1) is 0 Å². The molecule has 0 aromatic heterocycles. The second-order valence-corrected chi connectivity index (χ2v) is 5.66. The van der Waals surface area contributed by atoms with Gasteiger partial charge in [-0.05, 0) is 11.6 Å². The minimum Gasteiger partial charge on any atom is -0.743 e. The van der Waals surface area contributed by atoms with Crippen LogP contribution in [0.3, 0.4) is 0 Å². The van der Waals surface area contributed by atoms with Crippen LogP contribution in [0, 0.1) is 0 Å². The summed E-state index contributed by atoms with van der Waals surface area (Å²) in [5, 5.41) is -14.2. The van der Waals surface area contributed by atoms with Crippen molar-refractivity contribution in [1.29, 1.82) is 0 Å². The summed E-state index contributed by atoms with van der Waals surface area (Å²) in [4.78, 5) is 0. The molecule has 0 radical (unpaired) electrons. The van der Waals surface area contributed by atoms with Crippen LogP contribution in [0.4, 0.5) is 52.7 Å². The van der Waals surface area contributed by atoms with Crippen LogP contribution in [-0.4, -0.2) is 47.3 Å². The topological polar surface area (TPSA) is 57.2 Å². The first-order chi connectivity index (χ1) is 9.50. The van der Waals surface area contributed by atoms with Crippen LogP contribution in [0.5, 0.6) is 0 Å². The van der Waals surface area contributed by atoms with Gasteiger partial charge in [0.15, 0.2) is 10.1 Å². The number of hydrogen-bond acceptors (Lipinski definition) is 3. The Hall–Kier alpha value is 0.360. The molecule has 0 rings (SSSR count). The summed E-state index contributed by atoms with van der Waals surface area (Å²) >= 11 is 3.36. The third-order valence-corrected chi connectivity index (χ3v) is 3.34. The van der Waals surface area contributed by atoms with Gasteiger partial charge in [-0.25, -0.2) is 8.42 Å². The van der Waals surface area contributed by atoms with E-state index in [4.69, 9.17) is 0 Å². The Labute approximate surface area is 151 Å². The first-order valence-corrected chi connectivity index (χ1v) is 6.20. The van der Waals surface area contributed by atoms with Gasteiger partial charge in [0, 0.05) is 0 Å². The summed E-state index contributed by atoms with van der Waals surface area (Å²) in [6.07, 6.45) is 0. The van der Waals surface area contributed by atoms with E-state index in [-0.39, 0.29) is 29.6 Å². The first kappa shape index (κ1) is 26.6. The Morgan fingerprint density at radius 2 is 0.875 bits per heavy atom. The molecule has 0 saturated heterocycles. The molecule has 0 unspecified atom stereocenters. The van der Waals surface area contributed by atoms with Crippen molar-refractivity contribution in [2.45, 2.75) is 34.3 Å². The fourth-order valence-electron chi connectivity index (χ4n) is 0.912. The van der Waals surface area contributed by atoms with Crippen LogP contribution in [0.15, 0.2) is 0 Å². The molecule has 0 fully saturated rings. The van der Waals surface area contributed by atoms with E-state index in [1.54, 1.807) is 0 Å². The summed E-state index contributed by atoms with van der Waals surface area (Å²) in [6, 6.07) is 0. The molecule has 0 heterocycles. The normalized spacial score (nSPS) is 15.9. The second kappa shape index (κ2) is 6.51. The van der Waals surface area contributed by atoms with Crippen molar-refractivity contribution >= 4 is 21.7 Å². The summed E-state index contributed by atoms with van der Waals surface area (Å²) in [5.41, 5.74) is 0. The molecule has 0 N–H and O–H groups in total. The summed E-state index contributed by atoms with van der Waals surface area (Å²) < 4.78 is 180. The van der Waals surface area contributed by atoms with E-state index >= 15 is 0 Å². The Bertz CT molecular complexity index is 570. The van der Waals surface area contributed by atoms with E-state index in [1.165, 1.54) is 0 Å². The minimum absolute atomic E-state index is 0. The van der Waals surface area contributed by atoms with E-state index < -0.39 is 44.4 Å². The van der Waals surface area contributed by atoms with E-state index in [1.807, 2.05) is 0 Å². The average molecular weight is 439 g/mol. The zero-order valence-electron chi connectivity index (χ0n) is 10.5. The zero-order chi connectivity index (χ0) is 19.5.